The van der Waals surface area contributed by atoms with Crippen molar-refractivity contribution in [2.24, 2.45) is 4.99 Å². The molecule has 0 spiro atoms. The number of anilines is 1. The number of nitrogens with zero attached hydrogens (tertiary/aromatic N) is 3. The summed E-state index contributed by atoms with van der Waals surface area (Å²) in [6.07, 6.45) is 3.83. The van der Waals surface area contributed by atoms with Crippen LogP contribution in [0.5, 0.6) is 5.88 Å². The van der Waals surface area contributed by atoms with E-state index in [9.17, 15) is 14.7 Å². The molecule has 162 valence electrons. The van der Waals surface area contributed by atoms with Crippen LogP contribution in [0, 0.1) is 6.92 Å². The number of nitrogens with one attached hydrogen (secondary N) is 3. The van der Waals surface area contributed by atoms with Crippen molar-refractivity contribution in [3.63, 3.8) is 0 Å². The summed E-state index contributed by atoms with van der Waals surface area (Å²) in [7, 11) is 0. The lowest BCUT2D eigenvalue weighted by Gasteiger charge is -2.15. The van der Waals surface area contributed by atoms with E-state index >= 15 is 0 Å². The molecule has 0 saturated heterocycles. The summed E-state index contributed by atoms with van der Waals surface area (Å²) >= 11 is 0. The van der Waals surface area contributed by atoms with Crippen LogP contribution in [-0.2, 0) is 6.42 Å². The van der Waals surface area contributed by atoms with Crippen LogP contribution in [0.15, 0.2) is 81.7 Å². The molecule has 0 unspecified atom stereocenters. The van der Waals surface area contributed by atoms with Crippen LogP contribution in [0.1, 0.15) is 16.8 Å². The molecular formula is C23H22N6O3. The molecule has 0 aliphatic carbocycles. The normalized spacial score (nSPS) is 11.5. The van der Waals surface area contributed by atoms with Gasteiger partial charge in [-0.3, -0.25) is 14.8 Å². The number of amidine groups is 1. The third kappa shape index (κ3) is 4.51. The van der Waals surface area contributed by atoms with Gasteiger partial charge in [0.15, 0.2) is 0 Å². The van der Waals surface area contributed by atoms with Crippen LogP contribution in [0.3, 0.4) is 0 Å². The standard InChI is InChI=1S/C23H22N6O3/c1-15-7-9-18(10-8-15)29-22(31)19(21(30)28-23(29)32)20(27-16-5-3-2-4-6-16)25-12-11-17-13-24-14-26-17/h2-10,13-14,31H,11-12H2,1H3,(H,24,26)(H,25,27)(H,28,30,32). The first-order valence-electron chi connectivity index (χ1n) is 10.0. The highest BCUT2D eigenvalue weighted by atomic mass is 16.3. The number of aromatic nitrogens is 4. The first-order valence-corrected chi connectivity index (χ1v) is 10.0. The molecular weight excluding hydrogens is 408 g/mol. The summed E-state index contributed by atoms with van der Waals surface area (Å²) < 4.78 is 1.05. The minimum Gasteiger partial charge on any atom is -0.493 e. The van der Waals surface area contributed by atoms with Crippen molar-refractivity contribution in [3.8, 4) is 11.6 Å². The number of aromatic hydroxyl groups is 1. The van der Waals surface area contributed by atoms with Crippen LogP contribution < -0.4 is 16.6 Å². The third-order valence-corrected chi connectivity index (χ3v) is 4.86. The minimum absolute atomic E-state index is 0.126. The van der Waals surface area contributed by atoms with E-state index < -0.39 is 17.1 Å². The third-order valence-electron chi connectivity index (χ3n) is 4.86. The maximum atomic E-state index is 12.8. The van der Waals surface area contributed by atoms with Crippen LogP contribution in [-0.4, -0.2) is 37.0 Å². The van der Waals surface area contributed by atoms with Gasteiger partial charge in [0.05, 0.1) is 12.0 Å². The monoisotopic (exact) mass is 430 g/mol. The van der Waals surface area contributed by atoms with Gasteiger partial charge >= 0.3 is 5.69 Å². The number of hydrogen-bond acceptors (Lipinski definition) is 5. The average Bonchev–Trinajstić information content (AvgIpc) is 3.29. The molecule has 0 radical (unpaired) electrons. The maximum Gasteiger partial charge on any atom is 0.335 e. The summed E-state index contributed by atoms with van der Waals surface area (Å²) in [5.41, 5.74) is 1.38. The van der Waals surface area contributed by atoms with E-state index in [4.69, 9.17) is 0 Å². The largest absolute Gasteiger partial charge is 0.493 e. The number of imidazole rings is 1. The van der Waals surface area contributed by atoms with Crippen LogP contribution in [0.2, 0.25) is 0 Å². The number of benzene rings is 2. The second kappa shape index (κ2) is 9.17. The molecule has 0 aliphatic heterocycles. The number of hydrogen-bond donors (Lipinski definition) is 4. The summed E-state index contributed by atoms with van der Waals surface area (Å²) in [6, 6.07) is 16.2. The number of H-pyrrole nitrogens is 2. The Labute approximate surface area is 183 Å². The fourth-order valence-corrected chi connectivity index (χ4v) is 3.22. The van der Waals surface area contributed by atoms with Gasteiger partial charge < -0.3 is 15.4 Å². The molecule has 2 aromatic heterocycles. The maximum absolute atomic E-state index is 12.8. The summed E-state index contributed by atoms with van der Waals surface area (Å²) in [5.74, 6) is -0.346. The number of aryl methyl sites for hydroxylation is 1. The molecule has 2 heterocycles. The van der Waals surface area contributed by atoms with E-state index in [2.05, 4.69) is 25.3 Å². The second-order valence-electron chi connectivity index (χ2n) is 7.18. The molecule has 0 saturated carbocycles. The molecule has 4 rings (SSSR count). The van der Waals surface area contributed by atoms with E-state index in [-0.39, 0.29) is 11.4 Å². The Morgan fingerprint density at radius 3 is 2.56 bits per heavy atom. The van der Waals surface area contributed by atoms with E-state index in [1.165, 1.54) is 0 Å². The fourth-order valence-electron chi connectivity index (χ4n) is 3.22. The summed E-state index contributed by atoms with van der Waals surface area (Å²) in [5, 5.41) is 14.1. The van der Waals surface area contributed by atoms with Crippen molar-refractivity contribution in [1.29, 1.82) is 0 Å². The zero-order valence-electron chi connectivity index (χ0n) is 17.4. The fraction of sp³-hybridized carbons (Fsp3) is 0.130. The molecule has 4 aromatic rings. The van der Waals surface area contributed by atoms with Gasteiger partial charge in [-0.05, 0) is 31.2 Å². The number of rotatable bonds is 6. The van der Waals surface area contributed by atoms with Gasteiger partial charge in [0.1, 0.15) is 11.4 Å². The van der Waals surface area contributed by atoms with Crippen molar-refractivity contribution in [2.75, 3.05) is 11.9 Å². The summed E-state index contributed by atoms with van der Waals surface area (Å²) in [6.45, 7) is 2.23. The van der Waals surface area contributed by atoms with Crippen molar-refractivity contribution in [1.82, 2.24) is 19.5 Å². The zero-order chi connectivity index (χ0) is 22.5. The quantitative estimate of drug-likeness (QED) is 0.276. The van der Waals surface area contributed by atoms with Crippen LogP contribution >= 0.6 is 0 Å². The first kappa shape index (κ1) is 20.9. The predicted octanol–water partition coefficient (Wildman–Crippen LogP) is 2.36. The molecule has 2 aromatic carbocycles. The second-order valence-corrected chi connectivity index (χ2v) is 7.18. The lowest BCUT2D eigenvalue weighted by atomic mass is 10.2. The van der Waals surface area contributed by atoms with E-state index in [1.54, 1.807) is 24.7 Å². The molecule has 0 aliphatic rings. The highest BCUT2D eigenvalue weighted by molar-refractivity contribution is 6.09. The SMILES string of the molecule is Cc1ccc(-n2c(O)c(C(=NCCc3cnc[nH]3)Nc3ccccc3)c(=O)[nH]c2=O)cc1. The van der Waals surface area contributed by atoms with E-state index in [1.807, 2.05) is 49.4 Å². The van der Waals surface area contributed by atoms with Crippen molar-refractivity contribution >= 4 is 11.5 Å². The Hall–Kier alpha value is -4.40. The number of aliphatic imine (C=N–C) groups is 1. The van der Waals surface area contributed by atoms with Crippen molar-refractivity contribution < 1.29 is 5.11 Å². The number of aromatic amines is 2. The van der Waals surface area contributed by atoms with Crippen LogP contribution in [0.4, 0.5) is 5.69 Å². The Kier molecular flexibility index (Phi) is 5.98. The molecule has 0 bridgehead atoms. The van der Waals surface area contributed by atoms with Gasteiger partial charge in [0.2, 0.25) is 5.88 Å². The van der Waals surface area contributed by atoms with Gasteiger partial charge in [-0.2, -0.15) is 0 Å². The molecule has 0 fully saturated rings. The highest BCUT2D eigenvalue weighted by Gasteiger charge is 2.20. The van der Waals surface area contributed by atoms with Gasteiger partial charge in [0.25, 0.3) is 5.56 Å². The average molecular weight is 430 g/mol. The molecule has 0 atom stereocenters. The van der Waals surface area contributed by atoms with Gasteiger partial charge in [-0.15, -0.1) is 0 Å². The Morgan fingerprint density at radius 1 is 1.12 bits per heavy atom. The topological polar surface area (TPSA) is 128 Å². The first-order chi connectivity index (χ1) is 15.5. The lowest BCUT2D eigenvalue weighted by Crippen LogP contribution is -2.35. The minimum atomic E-state index is -0.739. The summed E-state index contributed by atoms with van der Waals surface area (Å²) in [4.78, 5) is 39.1. The van der Waals surface area contributed by atoms with Gasteiger partial charge in [0, 0.05) is 30.5 Å². The zero-order valence-corrected chi connectivity index (χ0v) is 17.4. The highest BCUT2D eigenvalue weighted by Crippen LogP contribution is 2.19. The Bertz CT molecular complexity index is 1340. The molecule has 9 nitrogen and oxygen atoms in total. The smallest absolute Gasteiger partial charge is 0.335 e. The molecule has 0 amide bonds. The molecule has 4 N–H and O–H groups in total. The Morgan fingerprint density at radius 2 is 1.88 bits per heavy atom. The van der Waals surface area contributed by atoms with E-state index in [0.717, 1.165) is 15.8 Å². The van der Waals surface area contributed by atoms with Crippen molar-refractivity contribution in [2.45, 2.75) is 13.3 Å². The van der Waals surface area contributed by atoms with E-state index in [0.29, 0.717) is 24.3 Å². The predicted molar refractivity (Wildman–Crippen MR) is 123 cm³/mol. The van der Waals surface area contributed by atoms with Crippen molar-refractivity contribution in [3.05, 3.63) is 105 Å². The van der Waals surface area contributed by atoms with Gasteiger partial charge in [-0.1, -0.05) is 35.9 Å². The van der Waals surface area contributed by atoms with Gasteiger partial charge in [-0.25, -0.2) is 14.3 Å². The van der Waals surface area contributed by atoms with Crippen LogP contribution in [0.25, 0.3) is 5.69 Å². The number of para-hydroxylation sites is 1. The lowest BCUT2D eigenvalue weighted by molar-refractivity contribution is 0.429. The Balaban J connectivity index is 1.80. The molecule has 32 heavy (non-hydrogen) atoms. The molecule has 9 heteroatoms.